The Morgan fingerprint density at radius 1 is 1.50 bits per heavy atom. The van der Waals surface area contributed by atoms with E-state index in [-0.39, 0.29) is 17.9 Å². The Hall–Kier alpha value is -1.56. The molecule has 0 saturated carbocycles. The number of aromatic nitrogens is 2. The molecule has 16 heavy (non-hydrogen) atoms. The van der Waals surface area contributed by atoms with E-state index in [0.717, 1.165) is 17.2 Å². The van der Waals surface area contributed by atoms with Gasteiger partial charge in [0.25, 0.3) is 0 Å². The third-order valence-electron chi connectivity index (χ3n) is 3.21. The highest BCUT2D eigenvalue weighted by Crippen LogP contribution is 2.32. The van der Waals surface area contributed by atoms with Gasteiger partial charge in [-0.1, -0.05) is 0 Å². The van der Waals surface area contributed by atoms with E-state index in [1.165, 1.54) is 0 Å². The van der Waals surface area contributed by atoms with E-state index in [1.807, 2.05) is 14.0 Å². The number of ether oxygens (including phenoxy) is 1. The first kappa shape index (κ1) is 9.65. The Balaban J connectivity index is 2.06. The third kappa shape index (κ3) is 1.23. The van der Waals surface area contributed by atoms with Crippen LogP contribution in [0.15, 0.2) is 0 Å². The number of anilines is 2. The van der Waals surface area contributed by atoms with Crippen molar-refractivity contribution >= 4 is 17.4 Å². The van der Waals surface area contributed by atoms with Gasteiger partial charge in [-0.05, 0) is 6.92 Å². The van der Waals surface area contributed by atoms with Crippen molar-refractivity contribution in [3.8, 4) is 0 Å². The maximum absolute atomic E-state index is 12.0. The zero-order valence-corrected chi connectivity index (χ0v) is 9.28. The second-order valence-electron chi connectivity index (χ2n) is 4.32. The zero-order valence-electron chi connectivity index (χ0n) is 9.28. The van der Waals surface area contributed by atoms with Gasteiger partial charge in [0.15, 0.2) is 0 Å². The second-order valence-corrected chi connectivity index (χ2v) is 4.32. The van der Waals surface area contributed by atoms with Crippen molar-refractivity contribution in [1.82, 2.24) is 9.78 Å². The van der Waals surface area contributed by atoms with E-state index in [2.05, 4.69) is 15.7 Å². The van der Waals surface area contributed by atoms with Crippen LogP contribution in [0.1, 0.15) is 5.69 Å². The van der Waals surface area contributed by atoms with E-state index < -0.39 is 0 Å². The number of hydrogen-bond donors (Lipinski definition) is 2. The minimum atomic E-state index is -0.105. The molecule has 0 aromatic carbocycles. The molecule has 3 rings (SSSR count). The highest BCUT2D eigenvalue weighted by atomic mass is 16.5. The highest BCUT2D eigenvalue weighted by Gasteiger charge is 2.38. The fraction of sp³-hybridized carbons (Fsp3) is 0.600. The van der Waals surface area contributed by atoms with E-state index in [4.69, 9.17) is 4.74 Å². The molecular formula is C10H14N4O2. The van der Waals surface area contributed by atoms with Gasteiger partial charge in [0, 0.05) is 7.05 Å². The molecule has 2 atom stereocenters. The Morgan fingerprint density at radius 2 is 2.31 bits per heavy atom. The summed E-state index contributed by atoms with van der Waals surface area (Å²) < 4.78 is 7.08. The molecule has 0 aliphatic carbocycles. The predicted octanol–water partition coefficient (Wildman–Crippen LogP) is 0.108. The van der Waals surface area contributed by atoms with Crippen molar-refractivity contribution in [3.63, 3.8) is 0 Å². The fourth-order valence-corrected chi connectivity index (χ4v) is 2.32. The first-order valence-corrected chi connectivity index (χ1v) is 5.35. The fourth-order valence-electron chi connectivity index (χ4n) is 2.32. The van der Waals surface area contributed by atoms with Gasteiger partial charge >= 0.3 is 0 Å². The molecule has 1 aromatic rings. The Labute approximate surface area is 93.0 Å². The van der Waals surface area contributed by atoms with Gasteiger partial charge < -0.3 is 15.4 Å². The summed E-state index contributed by atoms with van der Waals surface area (Å²) in [5.74, 6) is 0.778. The van der Waals surface area contributed by atoms with E-state index >= 15 is 0 Å². The number of hydrogen-bond acceptors (Lipinski definition) is 4. The molecule has 86 valence electrons. The molecule has 2 aliphatic heterocycles. The van der Waals surface area contributed by atoms with Crippen LogP contribution in [0.25, 0.3) is 0 Å². The molecule has 0 spiro atoms. The summed E-state index contributed by atoms with van der Waals surface area (Å²) >= 11 is 0. The molecule has 2 unspecified atom stereocenters. The summed E-state index contributed by atoms with van der Waals surface area (Å²) in [6, 6.07) is 0.0519. The summed E-state index contributed by atoms with van der Waals surface area (Å²) in [4.78, 5) is 12.0. The van der Waals surface area contributed by atoms with Crippen LogP contribution >= 0.6 is 0 Å². The van der Waals surface area contributed by atoms with Crippen molar-refractivity contribution in [3.05, 3.63) is 5.69 Å². The lowest BCUT2D eigenvalue weighted by Gasteiger charge is -2.14. The molecule has 1 saturated heterocycles. The molecule has 0 radical (unpaired) electrons. The summed E-state index contributed by atoms with van der Waals surface area (Å²) in [5.41, 5.74) is 1.63. The van der Waals surface area contributed by atoms with Gasteiger partial charge in [0.1, 0.15) is 11.5 Å². The largest absolute Gasteiger partial charge is 0.378 e. The smallest absolute Gasteiger partial charge is 0.232 e. The monoisotopic (exact) mass is 222 g/mol. The summed E-state index contributed by atoms with van der Waals surface area (Å²) in [7, 11) is 1.86. The molecule has 2 N–H and O–H groups in total. The number of amides is 1. The molecule has 2 aliphatic rings. The topological polar surface area (TPSA) is 68.2 Å². The van der Waals surface area contributed by atoms with E-state index in [9.17, 15) is 4.79 Å². The van der Waals surface area contributed by atoms with Gasteiger partial charge in [-0.15, -0.1) is 0 Å². The maximum Gasteiger partial charge on any atom is 0.232 e. The third-order valence-corrected chi connectivity index (χ3v) is 3.21. The lowest BCUT2D eigenvalue weighted by molar-refractivity contribution is -0.119. The van der Waals surface area contributed by atoms with E-state index in [1.54, 1.807) is 4.68 Å². The minimum Gasteiger partial charge on any atom is -0.378 e. The van der Waals surface area contributed by atoms with Crippen LogP contribution in [-0.4, -0.2) is 34.9 Å². The van der Waals surface area contributed by atoms with Crippen LogP contribution in [0.5, 0.6) is 0 Å². The standard InChI is InChI=1S/C10H14N4O2/c1-5-8-9(14(2)13-5)11-7-4-16-3-6(7)10(15)12-8/h6-7,11H,3-4H2,1-2H3,(H,12,15). The quantitative estimate of drug-likeness (QED) is 0.653. The molecule has 6 heteroatoms. The SMILES string of the molecule is Cc1nn(C)c2c1NC(=O)C1COCC1N2. The van der Waals surface area contributed by atoms with E-state index in [0.29, 0.717) is 13.2 Å². The zero-order chi connectivity index (χ0) is 11.3. The minimum absolute atomic E-state index is 0.0184. The van der Waals surface area contributed by atoms with Crippen LogP contribution in [0.4, 0.5) is 11.5 Å². The van der Waals surface area contributed by atoms with Crippen LogP contribution in [0, 0.1) is 12.8 Å². The molecule has 3 heterocycles. The Morgan fingerprint density at radius 3 is 3.12 bits per heavy atom. The average molecular weight is 222 g/mol. The predicted molar refractivity (Wildman–Crippen MR) is 58.3 cm³/mol. The summed E-state index contributed by atoms with van der Waals surface area (Å²) in [5, 5.41) is 10.5. The second kappa shape index (κ2) is 3.21. The number of rotatable bonds is 0. The number of fused-ring (bicyclic) bond motifs is 2. The molecule has 6 nitrogen and oxygen atoms in total. The van der Waals surface area contributed by atoms with Crippen molar-refractivity contribution < 1.29 is 9.53 Å². The maximum atomic E-state index is 12.0. The number of carbonyl (C=O) groups is 1. The van der Waals surface area contributed by atoms with Crippen LogP contribution < -0.4 is 10.6 Å². The molecule has 1 aromatic heterocycles. The van der Waals surface area contributed by atoms with Gasteiger partial charge in [0.05, 0.1) is 30.9 Å². The summed E-state index contributed by atoms with van der Waals surface area (Å²) in [6.07, 6.45) is 0. The average Bonchev–Trinajstić information content (AvgIpc) is 2.75. The van der Waals surface area contributed by atoms with Crippen molar-refractivity contribution in [2.24, 2.45) is 13.0 Å². The lowest BCUT2D eigenvalue weighted by Crippen LogP contribution is -2.34. The van der Waals surface area contributed by atoms with Crippen LogP contribution in [0.3, 0.4) is 0 Å². The number of aryl methyl sites for hydroxylation is 2. The van der Waals surface area contributed by atoms with Gasteiger partial charge in [-0.3, -0.25) is 9.48 Å². The summed E-state index contributed by atoms with van der Waals surface area (Å²) in [6.45, 7) is 2.95. The molecule has 1 fully saturated rings. The Bertz CT molecular complexity index is 454. The van der Waals surface area contributed by atoms with Crippen molar-refractivity contribution in [2.75, 3.05) is 23.8 Å². The van der Waals surface area contributed by atoms with Gasteiger partial charge in [-0.2, -0.15) is 5.10 Å². The molecule has 0 bridgehead atoms. The highest BCUT2D eigenvalue weighted by molar-refractivity contribution is 5.98. The van der Waals surface area contributed by atoms with Crippen LogP contribution in [-0.2, 0) is 16.6 Å². The number of nitrogens with one attached hydrogen (secondary N) is 2. The van der Waals surface area contributed by atoms with Crippen molar-refractivity contribution in [1.29, 1.82) is 0 Å². The van der Waals surface area contributed by atoms with Crippen LogP contribution in [0.2, 0.25) is 0 Å². The Kier molecular flexibility index (Phi) is 1.94. The normalized spacial score (nSPS) is 27.8. The number of carbonyl (C=O) groups excluding carboxylic acids is 1. The van der Waals surface area contributed by atoms with Gasteiger partial charge in [0.2, 0.25) is 5.91 Å². The van der Waals surface area contributed by atoms with Gasteiger partial charge in [-0.25, -0.2) is 0 Å². The molecule has 1 amide bonds. The first-order chi connectivity index (χ1) is 7.66. The first-order valence-electron chi connectivity index (χ1n) is 5.35. The lowest BCUT2D eigenvalue weighted by atomic mass is 10.0. The van der Waals surface area contributed by atoms with Crippen molar-refractivity contribution in [2.45, 2.75) is 13.0 Å². The molecular weight excluding hydrogens is 208 g/mol. The number of nitrogens with zero attached hydrogens (tertiary/aromatic N) is 2.